The van der Waals surface area contributed by atoms with Crippen LogP contribution in [0.1, 0.15) is 17.3 Å². The highest BCUT2D eigenvalue weighted by atomic mass is 35.5. The lowest BCUT2D eigenvalue weighted by atomic mass is 10.0. The third-order valence-electron chi connectivity index (χ3n) is 5.35. The Labute approximate surface area is 227 Å². The Morgan fingerprint density at radius 3 is 2.18 bits per heavy atom. The number of carboxylic acid groups (broad SMARTS) is 1. The molecule has 0 spiro atoms. The molecule has 0 aliphatic rings. The fourth-order valence-electron chi connectivity index (χ4n) is 3.22. The monoisotopic (exact) mass is 568 g/mol. The SMILES string of the molecule is C/C=C\C(C(=O)O)C(=O)Nc1ccc(Oc2ccc(Cl)cc2)c(C(=O)NC(O)[C@H](O)[C@H](O)[C@H](O)[C@@H](O)CO)c1. The molecular weight excluding hydrogens is 540 g/mol. The number of hydrogen-bond acceptors (Lipinski definition) is 10. The molecule has 2 aromatic carbocycles. The number of carbonyl (C=O) groups excluding carboxylic acids is 2. The molecule has 0 heterocycles. The summed E-state index contributed by atoms with van der Waals surface area (Å²) in [7, 11) is 0. The van der Waals surface area contributed by atoms with Crippen molar-refractivity contribution in [2.24, 2.45) is 5.92 Å². The van der Waals surface area contributed by atoms with Gasteiger partial charge in [0.2, 0.25) is 5.91 Å². The van der Waals surface area contributed by atoms with E-state index in [-0.39, 0.29) is 22.7 Å². The summed E-state index contributed by atoms with van der Waals surface area (Å²) in [6.45, 7) is 0.586. The molecule has 39 heavy (non-hydrogen) atoms. The van der Waals surface area contributed by atoms with Gasteiger partial charge in [0.05, 0.1) is 12.2 Å². The third kappa shape index (κ3) is 8.73. The second-order valence-electron chi connectivity index (χ2n) is 8.24. The molecule has 212 valence electrons. The third-order valence-corrected chi connectivity index (χ3v) is 5.60. The molecule has 0 aliphatic carbocycles. The molecule has 0 saturated carbocycles. The fourth-order valence-corrected chi connectivity index (χ4v) is 3.35. The zero-order valence-corrected chi connectivity index (χ0v) is 21.3. The van der Waals surface area contributed by atoms with Crippen LogP contribution in [-0.2, 0) is 9.59 Å². The quantitative estimate of drug-likeness (QED) is 0.0875. The van der Waals surface area contributed by atoms with Crippen LogP contribution < -0.4 is 15.4 Å². The van der Waals surface area contributed by atoms with E-state index in [0.717, 1.165) is 12.1 Å². The molecule has 0 fully saturated rings. The summed E-state index contributed by atoms with van der Waals surface area (Å²) >= 11 is 5.87. The van der Waals surface area contributed by atoms with E-state index in [1.54, 1.807) is 0 Å². The van der Waals surface area contributed by atoms with Gasteiger partial charge >= 0.3 is 5.97 Å². The number of aliphatic hydroxyl groups is 6. The highest BCUT2D eigenvalue weighted by Gasteiger charge is 2.35. The van der Waals surface area contributed by atoms with Gasteiger partial charge in [-0.05, 0) is 49.4 Å². The Morgan fingerprint density at radius 1 is 0.974 bits per heavy atom. The van der Waals surface area contributed by atoms with Crippen LogP contribution in [0.2, 0.25) is 5.02 Å². The minimum absolute atomic E-state index is 0.0130. The molecule has 14 heteroatoms. The Balaban J connectivity index is 2.36. The number of ether oxygens (including phenoxy) is 1. The second kappa shape index (κ2) is 14.6. The van der Waals surface area contributed by atoms with E-state index >= 15 is 0 Å². The van der Waals surface area contributed by atoms with Crippen molar-refractivity contribution in [2.75, 3.05) is 11.9 Å². The van der Waals surface area contributed by atoms with Crippen molar-refractivity contribution in [3.63, 3.8) is 0 Å². The van der Waals surface area contributed by atoms with Crippen LogP contribution in [0.5, 0.6) is 11.5 Å². The molecule has 6 atom stereocenters. The molecule has 2 rings (SSSR count). The Morgan fingerprint density at radius 2 is 1.62 bits per heavy atom. The average Bonchev–Trinajstić information content (AvgIpc) is 2.91. The summed E-state index contributed by atoms with van der Waals surface area (Å²) in [5.41, 5.74) is -0.307. The predicted octanol–water partition coefficient (Wildman–Crippen LogP) is -0.168. The number of carbonyl (C=O) groups is 3. The van der Waals surface area contributed by atoms with Gasteiger partial charge in [-0.25, -0.2) is 0 Å². The second-order valence-corrected chi connectivity index (χ2v) is 8.67. The normalized spacial score (nSPS) is 16.0. The van der Waals surface area contributed by atoms with Crippen LogP contribution in [0.25, 0.3) is 0 Å². The summed E-state index contributed by atoms with van der Waals surface area (Å²) in [5.74, 6) is -4.75. The molecule has 13 nitrogen and oxygen atoms in total. The summed E-state index contributed by atoms with van der Waals surface area (Å²) in [6.07, 6.45) is -7.90. The van der Waals surface area contributed by atoms with Crippen molar-refractivity contribution < 1.29 is 54.9 Å². The number of aliphatic carboxylic acids is 1. The van der Waals surface area contributed by atoms with E-state index in [1.807, 2.05) is 5.32 Å². The first-order valence-electron chi connectivity index (χ1n) is 11.5. The van der Waals surface area contributed by atoms with Crippen molar-refractivity contribution in [1.82, 2.24) is 5.32 Å². The van der Waals surface area contributed by atoms with E-state index in [4.69, 9.17) is 21.4 Å². The molecule has 0 radical (unpaired) electrons. The van der Waals surface area contributed by atoms with Gasteiger partial charge in [0.25, 0.3) is 5.91 Å². The van der Waals surface area contributed by atoms with E-state index in [9.17, 15) is 45.0 Å². The zero-order valence-electron chi connectivity index (χ0n) is 20.5. The van der Waals surface area contributed by atoms with Crippen LogP contribution in [0.15, 0.2) is 54.6 Å². The van der Waals surface area contributed by atoms with Crippen molar-refractivity contribution in [3.8, 4) is 11.5 Å². The van der Waals surface area contributed by atoms with Gasteiger partial charge in [0.15, 0.2) is 12.1 Å². The number of carboxylic acids is 1. The van der Waals surface area contributed by atoms with Gasteiger partial charge < -0.3 is 51.1 Å². The number of hydrogen-bond donors (Lipinski definition) is 9. The number of benzene rings is 2. The molecule has 2 unspecified atom stereocenters. The summed E-state index contributed by atoms with van der Waals surface area (Å²) in [6, 6.07) is 9.76. The topological polar surface area (TPSA) is 226 Å². The fraction of sp³-hybridized carbons (Fsp3) is 0.320. The summed E-state index contributed by atoms with van der Waals surface area (Å²) in [4.78, 5) is 36.9. The number of nitrogens with one attached hydrogen (secondary N) is 2. The highest BCUT2D eigenvalue weighted by molar-refractivity contribution is 6.30. The van der Waals surface area contributed by atoms with Crippen molar-refractivity contribution >= 4 is 35.1 Å². The van der Waals surface area contributed by atoms with Gasteiger partial charge in [-0.3, -0.25) is 14.4 Å². The summed E-state index contributed by atoms with van der Waals surface area (Å²) in [5, 5.41) is 72.5. The molecule has 0 aromatic heterocycles. The Bertz CT molecular complexity index is 1180. The van der Waals surface area contributed by atoms with Gasteiger partial charge in [-0.1, -0.05) is 23.8 Å². The van der Waals surface area contributed by atoms with Crippen LogP contribution in [0, 0.1) is 5.92 Å². The van der Waals surface area contributed by atoms with Crippen LogP contribution in [0.4, 0.5) is 5.69 Å². The largest absolute Gasteiger partial charge is 0.480 e. The zero-order chi connectivity index (χ0) is 29.3. The standard InChI is InChI=1S/C25H29ClN2O11/c1-2-3-15(25(37)38)22(34)27-13-6-9-18(39-14-7-4-12(26)5-8-14)16(10-13)23(35)28-24(36)21(33)20(32)19(31)17(30)11-29/h2-10,15,17,19-21,24,29-33,36H,11H2,1H3,(H,27,34)(H,28,35)(H,37,38)/b3-2-/t15?,17-,19+,20+,21+,24?/m0/s1. The van der Waals surface area contributed by atoms with Crippen molar-refractivity contribution in [2.45, 2.75) is 37.6 Å². The molecular formula is C25H29ClN2O11. The van der Waals surface area contributed by atoms with Crippen LogP contribution >= 0.6 is 11.6 Å². The predicted molar refractivity (Wildman–Crippen MR) is 137 cm³/mol. The molecule has 2 amide bonds. The maximum atomic E-state index is 13.1. The first-order chi connectivity index (χ1) is 18.4. The Kier molecular flexibility index (Phi) is 11.8. The number of aliphatic hydroxyl groups excluding tert-OH is 6. The van der Waals surface area contributed by atoms with Crippen LogP contribution in [0.3, 0.4) is 0 Å². The number of anilines is 1. The smallest absolute Gasteiger partial charge is 0.319 e. The highest BCUT2D eigenvalue weighted by Crippen LogP contribution is 2.29. The van der Waals surface area contributed by atoms with Crippen LogP contribution in [-0.4, -0.2) is 90.8 Å². The molecule has 9 N–H and O–H groups in total. The van der Waals surface area contributed by atoms with Crippen molar-refractivity contribution in [1.29, 1.82) is 0 Å². The lowest BCUT2D eigenvalue weighted by Gasteiger charge is -2.28. The van der Waals surface area contributed by atoms with E-state index in [1.165, 1.54) is 49.4 Å². The molecule has 0 saturated heterocycles. The van der Waals surface area contributed by atoms with E-state index < -0.39 is 61.0 Å². The van der Waals surface area contributed by atoms with Gasteiger partial charge in [-0.15, -0.1) is 0 Å². The van der Waals surface area contributed by atoms with Gasteiger partial charge in [-0.2, -0.15) is 0 Å². The maximum absolute atomic E-state index is 13.1. The number of rotatable bonds is 13. The first kappa shape index (κ1) is 31.7. The van der Waals surface area contributed by atoms with E-state index in [2.05, 4.69) is 5.32 Å². The van der Waals surface area contributed by atoms with Gasteiger partial charge in [0.1, 0.15) is 35.9 Å². The lowest BCUT2D eigenvalue weighted by molar-refractivity contribution is -0.143. The molecule has 0 bridgehead atoms. The molecule has 2 aromatic rings. The first-order valence-corrected chi connectivity index (χ1v) is 11.8. The van der Waals surface area contributed by atoms with Crippen molar-refractivity contribution in [3.05, 3.63) is 65.2 Å². The number of amides is 2. The van der Waals surface area contributed by atoms with E-state index in [0.29, 0.717) is 5.02 Å². The number of allylic oxidation sites excluding steroid dienone is 1. The minimum Gasteiger partial charge on any atom is -0.480 e. The molecule has 0 aliphatic heterocycles. The summed E-state index contributed by atoms with van der Waals surface area (Å²) < 4.78 is 5.71. The maximum Gasteiger partial charge on any atom is 0.319 e. The lowest BCUT2D eigenvalue weighted by Crippen LogP contribution is -2.54. The van der Waals surface area contributed by atoms with Gasteiger partial charge in [0, 0.05) is 10.7 Å². The Hall–Kier alpha value is -3.56. The average molecular weight is 569 g/mol. The number of halogens is 1. The minimum atomic E-state index is -2.20.